The summed E-state index contributed by atoms with van der Waals surface area (Å²) in [6.07, 6.45) is 3.27. The number of hydrogen-bond acceptors (Lipinski definition) is 4. The first-order valence-corrected chi connectivity index (χ1v) is 9.16. The van der Waals surface area contributed by atoms with E-state index in [0.717, 1.165) is 41.7 Å². The number of amides is 1. The van der Waals surface area contributed by atoms with Crippen molar-refractivity contribution in [3.63, 3.8) is 0 Å². The van der Waals surface area contributed by atoms with Gasteiger partial charge in [0.25, 0.3) is 5.91 Å². The Balaban J connectivity index is 1.80. The van der Waals surface area contributed by atoms with Crippen LogP contribution < -0.4 is 4.74 Å². The highest BCUT2D eigenvalue weighted by Crippen LogP contribution is 2.32. The lowest BCUT2D eigenvalue weighted by Crippen LogP contribution is -2.57. The minimum atomic E-state index is 0.121. The van der Waals surface area contributed by atoms with E-state index in [1.54, 1.807) is 7.11 Å². The molecule has 1 saturated carbocycles. The molecule has 0 radical (unpaired) electrons. The van der Waals surface area contributed by atoms with E-state index in [4.69, 9.17) is 9.47 Å². The van der Waals surface area contributed by atoms with Crippen LogP contribution in [0.5, 0.6) is 5.75 Å². The van der Waals surface area contributed by atoms with Crippen molar-refractivity contribution < 1.29 is 14.3 Å². The van der Waals surface area contributed by atoms with E-state index in [1.165, 1.54) is 0 Å². The maximum atomic E-state index is 13.2. The fraction of sp³-hybridized carbons (Fsp3) is 0.650. The van der Waals surface area contributed by atoms with E-state index in [2.05, 4.69) is 19.0 Å². The maximum absolute atomic E-state index is 13.2. The van der Waals surface area contributed by atoms with E-state index in [0.29, 0.717) is 19.2 Å². The molecule has 0 bridgehead atoms. The van der Waals surface area contributed by atoms with Crippen LogP contribution in [0.4, 0.5) is 0 Å². The number of hydrogen-bond donors (Lipinski definition) is 0. The molecule has 0 unspecified atom stereocenters. The molecule has 3 rings (SSSR count). The number of fused-ring (bicyclic) bond motifs is 1. The molecule has 2 aliphatic rings. The zero-order valence-electron chi connectivity index (χ0n) is 16.0. The molecule has 1 aliphatic heterocycles. The van der Waals surface area contributed by atoms with Gasteiger partial charge in [-0.15, -0.1) is 0 Å². The van der Waals surface area contributed by atoms with Gasteiger partial charge in [-0.3, -0.25) is 4.79 Å². The molecule has 0 spiro atoms. The summed E-state index contributed by atoms with van der Waals surface area (Å²) in [6.45, 7) is 5.29. The van der Waals surface area contributed by atoms with Crippen LogP contribution in [-0.4, -0.2) is 68.3 Å². The van der Waals surface area contributed by atoms with Crippen molar-refractivity contribution >= 4 is 5.91 Å². The third-order valence-electron chi connectivity index (χ3n) is 5.70. The number of nitrogens with zero attached hydrogens (tertiary/aromatic N) is 2. The highest BCUT2D eigenvalue weighted by atomic mass is 16.5. The molecular weight excluding hydrogens is 316 g/mol. The van der Waals surface area contributed by atoms with Crippen LogP contribution in [0.15, 0.2) is 12.1 Å². The molecule has 1 amide bonds. The Morgan fingerprint density at radius 2 is 1.92 bits per heavy atom. The Labute approximate surface area is 150 Å². The zero-order valence-corrected chi connectivity index (χ0v) is 16.0. The fourth-order valence-corrected chi connectivity index (χ4v) is 4.38. The van der Waals surface area contributed by atoms with Gasteiger partial charge < -0.3 is 19.3 Å². The largest absolute Gasteiger partial charge is 0.496 e. The first kappa shape index (κ1) is 18.2. The number of carbonyl (C=O) groups excluding carboxylic acids is 1. The Hall–Kier alpha value is -1.59. The molecule has 1 aromatic rings. The summed E-state index contributed by atoms with van der Waals surface area (Å²) in [5.41, 5.74) is 2.77. The molecular formula is C20H30N2O3. The van der Waals surface area contributed by atoms with Crippen molar-refractivity contribution in [2.45, 2.75) is 51.3 Å². The van der Waals surface area contributed by atoms with Crippen molar-refractivity contribution in [1.82, 2.24) is 9.80 Å². The van der Waals surface area contributed by atoms with Gasteiger partial charge in [-0.1, -0.05) is 0 Å². The molecule has 5 nitrogen and oxygen atoms in total. The Kier molecular flexibility index (Phi) is 5.35. The van der Waals surface area contributed by atoms with E-state index in [-0.39, 0.29) is 18.1 Å². The zero-order chi connectivity index (χ0) is 18.1. The summed E-state index contributed by atoms with van der Waals surface area (Å²) in [6, 6.07) is 4.63. The highest BCUT2D eigenvalue weighted by molar-refractivity contribution is 5.95. The predicted molar refractivity (Wildman–Crippen MR) is 98.4 cm³/mol. The van der Waals surface area contributed by atoms with Gasteiger partial charge in [-0.25, -0.2) is 0 Å². The maximum Gasteiger partial charge on any atom is 0.254 e. The molecule has 2 fully saturated rings. The monoisotopic (exact) mass is 346 g/mol. The van der Waals surface area contributed by atoms with Gasteiger partial charge in [0.15, 0.2) is 0 Å². The van der Waals surface area contributed by atoms with Gasteiger partial charge in [0.2, 0.25) is 0 Å². The van der Waals surface area contributed by atoms with Crippen LogP contribution in [0, 0.1) is 13.8 Å². The smallest absolute Gasteiger partial charge is 0.254 e. The summed E-state index contributed by atoms with van der Waals surface area (Å²) < 4.78 is 11.4. The number of carbonyl (C=O) groups is 1. The quantitative estimate of drug-likeness (QED) is 0.844. The standard InChI is InChI=1S/C20H30N2O3/c1-13-10-15(11-14(2)19(13)24-5)20(23)22-8-9-25-18-12-16(21(3)4)6-7-17(18)22/h10-11,16-18H,6-9,12H2,1-5H3/t16-,17-,18-/m1/s1. The molecule has 25 heavy (non-hydrogen) atoms. The first-order chi connectivity index (χ1) is 11.9. The van der Waals surface area contributed by atoms with Crippen LogP contribution in [0.25, 0.3) is 0 Å². The van der Waals surface area contributed by atoms with E-state index >= 15 is 0 Å². The molecule has 3 atom stereocenters. The molecule has 1 heterocycles. The molecule has 1 aromatic carbocycles. The topological polar surface area (TPSA) is 42.0 Å². The molecule has 1 aliphatic carbocycles. The predicted octanol–water partition coefficient (Wildman–Crippen LogP) is 2.64. The second-order valence-electron chi connectivity index (χ2n) is 7.55. The van der Waals surface area contributed by atoms with Crippen LogP contribution in [0.2, 0.25) is 0 Å². The molecule has 138 valence electrons. The van der Waals surface area contributed by atoms with E-state index in [1.807, 2.05) is 30.9 Å². The van der Waals surface area contributed by atoms with Gasteiger partial charge >= 0.3 is 0 Å². The number of rotatable bonds is 3. The SMILES string of the molecule is COc1c(C)cc(C(=O)N2CCO[C@@H]3C[C@H](N(C)C)CC[C@H]32)cc1C. The van der Waals surface area contributed by atoms with Gasteiger partial charge in [0, 0.05) is 18.2 Å². The second kappa shape index (κ2) is 7.34. The fourth-order valence-electron chi connectivity index (χ4n) is 4.38. The lowest BCUT2D eigenvalue weighted by molar-refractivity contribution is -0.0877. The summed E-state index contributed by atoms with van der Waals surface area (Å²) in [7, 11) is 5.92. The third kappa shape index (κ3) is 3.53. The minimum absolute atomic E-state index is 0.121. The Morgan fingerprint density at radius 1 is 1.24 bits per heavy atom. The van der Waals surface area contributed by atoms with Crippen LogP contribution in [-0.2, 0) is 4.74 Å². The van der Waals surface area contributed by atoms with Gasteiger partial charge in [-0.05, 0) is 70.5 Å². The third-order valence-corrected chi connectivity index (χ3v) is 5.70. The number of aryl methyl sites for hydroxylation is 2. The van der Waals surface area contributed by atoms with Crippen molar-refractivity contribution in [3.05, 3.63) is 28.8 Å². The van der Waals surface area contributed by atoms with Gasteiger partial charge in [0.1, 0.15) is 5.75 Å². The summed E-state index contributed by atoms with van der Waals surface area (Å²) in [5, 5.41) is 0. The molecule has 1 saturated heterocycles. The number of morpholine rings is 1. The van der Waals surface area contributed by atoms with E-state index in [9.17, 15) is 4.79 Å². The second-order valence-corrected chi connectivity index (χ2v) is 7.55. The molecule has 0 N–H and O–H groups in total. The van der Waals surface area contributed by atoms with Crippen molar-refractivity contribution in [3.8, 4) is 5.75 Å². The average molecular weight is 346 g/mol. The Morgan fingerprint density at radius 3 is 2.52 bits per heavy atom. The number of ether oxygens (including phenoxy) is 2. The lowest BCUT2D eigenvalue weighted by Gasteiger charge is -2.47. The average Bonchev–Trinajstić information content (AvgIpc) is 2.59. The lowest BCUT2D eigenvalue weighted by atomic mass is 9.85. The first-order valence-electron chi connectivity index (χ1n) is 9.16. The Bertz CT molecular complexity index is 621. The van der Waals surface area contributed by atoms with E-state index < -0.39 is 0 Å². The molecule has 0 aromatic heterocycles. The van der Waals surface area contributed by atoms with Crippen molar-refractivity contribution in [2.75, 3.05) is 34.4 Å². The normalized spacial score (nSPS) is 26.5. The van der Waals surface area contributed by atoms with Gasteiger partial charge in [0.05, 0.1) is 25.9 Å². The van der Waals surface area contributed by atoms with Crippen molar-refractivity contribution in [2.24, 2.45) is 0 Å². The summed E-state index contributed by atoms with van der Waals surface area (Å²) >= 11 is 0. The van der Waals surface area contributed by atoms with Crippen molar-refractivity contribution in [1.29, 1.82) is 0 Å². The van der Waals surface area contributed by atoms with Gasteiger partial charge in [-0.2, -0.15) is 0 Å². The van der Waals surface area contributed by atoms with Crippen LogP contribution in [0.3, 0.4) is 0 Å². The summed E-state index contributed by atoms with van der Waals surface area (Å²) in [5.74, 6) is 0.985. The van der Waals surface area contributed by atoms with Crippen LogP contribution >= 0.6 is 0 Å². The highest BCUT2D eigenvalue weighted by Gasteiger charge is 2.40. The number of methoxy groups -OCH3 is 1. The minimum Gasteiger partial charge on any atom is -0.496 e. The summed E-state index contributed by atoms with van der Waals surface area (Å²) in [4.78, 5) is 17.5. The number of benzene rings is 1. The molecule has 5 heteroatoms. The van der Waals surface area contributed by atoms with Crippen LogP contribution in [0.1, 0.15) is 40.7 Å².